The summed E-state index contributed by atoms with van der Waals surface area (Å²) in [5.41, 5.74) is 0.362. The molecule has 1 aliphatic heterocycles. The zero-order chi connectivity index (χ0) is 12.6. The molecule has 1 aromatic rings. The summed E-state index contributed by atoms with van der Waals surface area (Å²) in [6.07, 6.45) is 0. The lowest BCUT2D eigenvalue weighted by Crippen LogP contribution is -2.46. The molecule has 0 saturated carbocycles. The number of rotatable bonds is 1. The summed E-state index contributed by atoms with van der Waals surface area (Å²) in [6.45, 7) is 1.77. The Morgan fingerprint density at radius 1 is 1.35 bits per heavy atom. The number of anilines is 1. The van der Waals surface area contributed by atoms with Crippen LogP contribution in [-0.2, 0) is 9.59 Å². The van der Waals surface area contributed by atoms with Crippen molar-refractivity contribution < 1.29 is 9.59 Å². The predicted molar refractivity (Wildman–Crippen MR) is 70.9 cm³/mol. The first-order valence-corrected chi connectivity index (χ1v) is 6.74. The highest BCUT2D eigenvalue weighted by atomic mass is 35.5. The molecule has 0 bridgehead atoms. The van der Waals surface area contributed by atoms with Crippen molar-refractivity contribution in [2.24, 2.45) is 0 Å². The fourth-order valence-corrected chi connectivity index (χ4v) is 2.69. The van der Waals surface area contributed by atoms with Crippen molar-refractivity contribution in [2.45, 2.75) is 12.2 Å². The quantitative estimate of drug-likeness (QED) is 0.746. The van der Waals surface area contributed by atoms with Gasteiger partial charge in [0.1, 0.15) is 0 Å². The van der Waals surface area contributed by atoms with E-state index < -0.39 is 0 Å². The van der Waals surface area contributed by atoms with Crippen LogP contribution in [0.1, 0.15) is 6.92 Å². The first kappa shape index (κ1) is 12.7. The van der Waals surface area contributed by atoms with Crippen LogP contribution in [0.5, 0.6) is 0 Å². The number of thioether (sulfide) groups is 1. The average molecular weight is 290 g/mol. The number of amides is 2. The van der Waals surface area contributed by atoms with Gasteiger partial charge >= 0.3 is 0 Å². The topological polar surface area (TPSA) is 37.4 Å². The molecule has 1 aromatic carbocycles. The standard InChI is InChI=1S/C11H9Cl2NO2S/c1-6-11(16)14(10(15)5-17-6)9-4-7(12)2-3-8(9)13/h2-4,6H,5H2,1H3/t6-/m1/s1. The molecule has 1 atom stereocenters. The zero-order valence-corrected chi connectivity index (χ0v) is 11.3. The van der Waals surface area contributed by atoms with Gasteiger partial charge in [0.15, 0.2) is 0 Å². The molecule has 0 aromatic heterocycles. The van der Waals surface area contributed by atoms with E-state index >= 15 is 0 Å². The zero-order valence-electron chi connectivity index (χ0n) is 8.94. The number of nitrogens with zero attached hydrogens (tertiary/aromatic N) is 1. The van der Waals surface area contributed by atoms with E-state index in [2.05, 4.69) is 0 Å². The molecule has 6 heteroatoms. The highest BCUT2D eigenvalue weighted by Crippen LogP contribution is 2.33. The van der Waals surface area contributed by atoms with Crippen molar-refractivity contribution in [3.8, 4) is 0 Å². The van der Waals surface area contributed by atoms with Crippen molar-refractivity contribution in [1.29, 1.82) is 0 Å². The van der Waals surface area contributed by atoms with Crippen LogP contribution in [0.3, 0.4) is 0 Å². The Morgan fingerprint density at radius 2 is 2.06 bits per heavy atom. The van der Waals surface area contributed by atoms with Crippen LogP contribution in [0.4, 0.5) is 5.69 Å². The summed E-state index contributed by atoms with van der Waals surface area (Å²) >= 11 is 13.2. The number of carbonyl (C=O) groups excluding carboxylic acids is 2. The largest absolute Gasteiger partial charge is 0.273 e. The molecule has 1 fully saturated rings. The van der Waals surface area contributed by atoms with Gasteiger partial charge < -0.3 is 0 Å². The fraction of sp³-hybridized carbons (Fsp3) is 0.273. The second-order valence-corrected chi connectivity index (χ2v) is 5.79. The molecule has 2 amide bonds. The second-order valence-electron chi connectivity index (χ2n) is 3.62. The summed E-state index contributed by atoms with van der Waals surface area (Å²) in [4.78, 5) is 24.9. The molecule has 0 spiro atoms. The lowest BCUT2D eigenvalue weighted by molar-refractivity contribution is -0.125. The SMILES string of the molecule is C[C@H]1SCC(=O)N(c2cc(Cl)ccc2Cl)C1=O. The highest BCUT2D eigenvalue weighted by Gasteiger charge is 2.34. The fourth-order valence-electron chi connectivity index (χ4n) is 1.55. The molecule has 1 aliphatic rings. The molecule has 1 heterocycles. The minimum atomic E-state index is -0.262. The van der Waals surface area contributed by atoms with Crippen molar-refractivity contribution in [1.82, 2.24) is 0 Å². The van der Waals surface area contributed by atoms with Gasteiger partial charge in [0.05, 0.1) is 21.7 Å². The van der Waals surface area contributed by atoms with E-state index in [0.717, 1.165) is 4.90 Å². The Morgan fingerprint density at radius 3 is 2.76 bits per heavy atom. The molecule has 0 N–H and O–H groups in total. The van der Waals surface area contributed by atoms with Gasteiger partial charge in [0.25, 0.3) is 0 Å². The first-order valence-electron chi connectivity index (χ1n) is 4.94. The number of benzene rings is 1. The van der Waals surface area contributed by atoms with Crippen molar-refractivity contribution in [3.05, 3.63) is 28.2 Å². The number of hydrogen-bond acceptors (Lipinski definition) is 3. The van der Waals surface area contributed by atoms with Crippen molar-refractivity contribution >= 4 is 52.5 Å². The van der Waals surface area contributed by atoms with Crippen LogP contribution in [0, 0.1) is 0 Å². The minimum absolute atomic E-state index is 0.247. The van der Waals surface area contributed by atoms with E-state index in [-0.39, 0.29) is 22.8 Å². The third-order valence-electron chi connectivity index (χ3n) is 2.42. The number of carbonyl (C=O) groups is 2. The summed E-state index contributed by atoms with van der Waals surface area (Å²) < 4.78 is 0. The molecule has 17 heavy (non-hydrogen) atoms. The summed E-state index contributed by atoms with van der Waals surface area (Å²) in [5, 5.41) is 0.536. The third kappa shape index (κ3) is 2.44. The second kappa shape index (κ2) is 4.88. The number of halogens is 2. The summed E-state index contributed by atoms with van der Waals surface area (Å²) in [5.74, 6) is -0.242. The minimum Gasteiger partial charge on any atom is -0.273 e. The van der Waals surface area contributed by atoms with Gasteiger partial charge in [0, 0.05) is 5.02 Å². The summed E-state index contributed by atoms with van der Waals surface area (Å²) in [7, 11) is 0. The van der Waals surface area contributed by atoms with Crippen molar-refractivity contribution in [3.63, 3.8) is 0 Å². The monoisotopic (exact) mass is 289 g/mol. The van der Waals surface area contributed by atoms with Crippen LogP contribution in [0.25, 0.3) is 0 Å². The normalized spacial score (nSPS) is 20.9. The van der Waals surface area contributed by atoms with Crippen LogP contribution >= 0.6 is 35.0 Å². The Bertz CT molecular complexity index is 492. The average Bonchev–Trinajstić information content (AvgIpc) is 2.29. The van der Waals surface area contributed by atoms with Crippen LogP contribution < -0.4 is 4.90 Å². The maximum atomic E-state index is 12.0. The van der Waals surface area contributed by atoms with Crippen LogP contribution in [0.2, 0.25) is 10.0 Å². The highest BCUT2D eigenvalue weighted by molar-refractivity contribution is 8.01. The molecule has 1 saturated heterocycles. The lowest BCUT2D eigenvalue weighted by atomic mass is 10.2. The third-order valence-corrected chi connectivity index (χ3v) is 4.09. The van der Waals surface area contributed by atoms with Crippen LogP contribution in [-0.4, -0.2) is 22.8 Å². The Labute approximate surface area is 113 Å². The Balaban J connectivity index is 2.46. The van der Waals surface area contributed by atoms with Gasteiger partial charge in [0.2, 0.25) is 11.8 Å². The predicted octanol–water partition coefficient (Wildman–Crippen LogP) is 2.99. The Kier molecular flexibility index (Phi) is 3.66. The van der Waals surface area contributed by atoms with E-state index in [0.29, 0.717) is 15.7 Å². The van der Waals surface area contributed by atoms with Crippen LogP contribution in [0.15, 0.2) is 18.2 Å². The van der Waals surface area contributed by atoms with E-state index in [1.807, 2.05) is 0 Å². The van der Waals surface area contributed by atoms with E-state index in [9.17, 15) is 9.59 Å². The number of imide groups is 1. The van der Waals surface area contributed by atoms with Crippen molar-refractivity contribution in [2.75, 3.05) is 10.7 Å². The van der Waals surface area contributed by atoms with E-state index in [1.54, 1.807) is 19.1 Å². The number of hydrogen-bond donors (Lipinski definition) is 0. The maximum absolute atomic E-state index is 12.0. The molecule has 0 aliphatic carbocycles. The van der Waals surface area contributed by atoms with Gasteiger partial charge in [-0.05, 0) is 25.1 Å². The van der Waals surface area contributed by atoms with E-state index in [4.69, 9.17) is 23.2 Å². The maximum Gasteiger partial charge on any atom is 0.246 e. The molecule has 3 nitrogen and oxygen atoms in total. The summed E-state index contributed by atoms with van der Waals surface area (Å²) in [6, 6.07) is 4.72. The molecule has 0 radical (unpaired) electrons. The van der Waals surface area contributed by atoms with Gasteiger partial charge in [-0.1, -0.05) is 23.2 Å². The lowest BCUT2D eigenvalue weighted by Gasteiger charge is -2.29. The molecular formula is C11H9Cl2NO2S. The van der Waals surface area contributed by atoms with Gasteiger partial charge in [-0.15, -0.1) is 11.8 Å². The van der Waals surface area contributed by atoms with Gasteiger partial charge in [-0.2, -0.15) is 0 Å². The Hall–Kier alpha value is -0.710. The smallest absolute Gasteiger partial charge is 0.246 e. The molecule has 2 rings (SSSR count). The first-order chi connectivity index (χ1) is 8.00. The molecule has 0 unspecified atom stereocenters. The van der Waals surface area contributed by atoms with Gasteiger partial charge in [-0.3, -0.25) is 9.59 Å². The molecular weight excluding hydrogens is 281 g/mol. The molecule has 90 valence electrons. The van der Waals surface area contributed by atoms with Gasteiger partial charge in [-0.25, -0.2) is 4.90 Å². The van der Waals surface area contributed by atoms with E-state index in [1.165, 1.54) is 17.8 Å².